The number of benzene rings is 2. The monoisotopic (exact) mass is 356 g/mol. The van der Waals surface area contributed by atoms with E-state index in [2.05, 4.69) is 15.3 Å². The van der Waals surface area contributed by atoms with Crippen LogP contribution in [0.5, 0.6) is 5.75 Å². The zero-order valence-electron chi connectivity index (χ0n) is 12.8. The van der Waals surface area contributed by atoms with Crippen LogP contribution in [0.25, 0.3) is 26.9 Å². The maximum absolute atomic E-state index is 6.08. The van der Waals surface area contributed by atoms with Gasteiger partial charge in [-0.15, -0.1) is 10.2 Å². The number of rotatable bonds is 4. The van der Waals surface area contributed by atoms with E-state index in [1.165, 1.54) is 11.3 Å². The highest BCUT2D eigenvalue weighted by Crippen LogP contribution is 2.34. The van der Waals surface area contributed by atoms with Crippen LogP contribution in [-0.4, -0.2) is 26.4 Å². The normalized spacial score (nSPS) is 11.1. The minimum absolute atomic E-state index is 0.606. The van der Waals surface area contributed by atoms with Crippen LogP contribution in [0.4, 0.5) is 0 Å². The fraction of sp³-hybridized carbons (Fsp3) is 0.118. The van der Waals surface area contributed by atoms with E-state index in [9.17, 15) is 0 Å². The van der Waals surface area contributed by atoms with Crippen LogP contribution < -0.4 is 4.74 Å². The first-order valence-corrected chi connectivity index (χ1v) is 8.66. The van der Waals surface area contributed by atoms with Gasteiger partial charge in [0.05, 0.1) is 12.2 Å². The molecule has 0 saturated carbocycles. The van der Waals surface area contributed by atoms with Gasteiger partial charge in [-0.25, -0.2) is 0 Å². The molecule has 0 radical (unpaired) electrons. The molecule has 0 bridgehead atoms. The van der Waals surface area contributed by atoms with Crippen molar-refractivity contribution in [3.8, 4) is 27.7 Å². The summed E-state index contributed by atoms with van der Waals surface area (Å²) in [5.74, 6) is 1.48. The van der Waals surface area contributed by atoms with Gasteiger partial charge in [0.2, 0.25) is 4.96 Å². The third kappa shape index (κ3) is 2.64. The molecule has 2 heterocycles. The largest absolute Gasteiger partial charge is 0.493 e. The molecule has 2 aromatic heterocycles. The first-order chi connectivity index (χ1) is 11.8. The molecule has 5 nitrogen and oxygen atoms in total. The molecule has 2 aromatic carbocycles. The fourth-order valence-electron chi connectivity index (χ4n) is 2.46. The standard InChI is InChI=1S/C17H13ClN4OS/c1-2-23-14-9-4-3-8-13(14)16-21-22-15(19-20-17(22)24-16)11-6-5-7-12(18)10-11/h3-10H,2H2,1H3. The average molecular weight is 357 g/mol. The van der Waals surface area contributed by atoms with E-state index in [-0.39, 0.29) is 0 Å². The SMILES string of the molecule is CCOc1ccccc1-c1nn2c(-c3cccc(Cl)c3)nnc2s1. The summed E-state index contributed by atoms with van der Waals surface area (Å²) in [7, 11) is 0. The van der Waals surface area contributed by atoms with Crippen molar-refractivity contribution in [2.75, 3.05) is 6.61 Å². The molecule has 0 unspecified atom stereocenters. The Morgan fingerprint density at radius 1 is 1.12 bits per heavy atom. The molecular formula is C17H13ClN4OS. The van der Waals surface area contributed by atoms with Gasteiger partial charge in [0.15, 0.2) is 10.8 Å². The minimum atomic E-state index is 0.606. The van der Waals surface area contributed by atoms with E-state index in [1.54, 1.807) is 4.52 Å². The Labute approximate surface area is 147 Å². The molecule has 7 heteroatoms. The lowest BCUT2D eigenvalue weighted by Gasteiger charge is -2.06. The summed E-state index contributed by atoms with van der Waals surface area (Å²) in [6.45, 7) is 2.57. The number of hydrogen-bond acceptors (Lipinski definition) is 5. The van der Waals surface area contributed by atoms with Gasteiger partial charge in [-0.2, -0.15) is 9.61 Å². The fourth-order valence-corrected chi connectivity index (χ4v) is 3.52. The summed E-state index contributed by atoms with van der Waals surface area (Å²) in [5, 5.41) is 14.6. The van der Waals surface area contributed by atoms with Crippen LogP contribution in [0.3, 0.4) is 0 Å². The topological polar surface area (TPSA) is 52.3 Å². The van der Waals surface area contributed by atoms with Crippen LogP contribution in [0.15, 0.2) is 48.5 Å². The molecule has 120 valence electrons. The Morgan fingerprint density at radius 2 is 2.00 bits per heavy atom. The number of para-hydroxylation sites is 1. The average Bonchev–Trinajstić information content (AvgIpc) is 3.16. The van der Waals surface area contributed by atoms with Crippen LogP contribution >= 0.6 is 22.9 Å². The van der Waals surface area contributed by atoms with E-state index in [0.29, 0.717) is 17.5 Å². The van der Waals surface area contributed by atoms with Crippen molar-refractivity contribution < 1.29 is 4.74 Å². The second-order valence-electron chi connectivity index (χ2n) is 5.06. The zero-order valence-corrected chi connectivity index (χ0v) is 14.4. The minimum Gasteiger partial charge on any atom is -0.493 e. The number of fused-ring (bicyclic) bond motifs is 1. The summed E-state index contributed by atoms with van der Waals surface area (Å²) < 4.78 is 7.44. The summed E-state index contributed by atoms with van der Waals surface area (Å²) >= 11 is 7.55. The second kappa shape index (κ2) is 6.22. The van der Waals surface area contributed by atoms with Gasteiger partial charge >= 0.3 is 0 Å². The highest BCUT2D eigenvalue weighted by Gasteiger charge is 2.16. The van der Waals surface area contributed by atoms with Gasteiger partial charge in [0, 0.05) is 10.6 Å². The van der Waals surface area contributed by atoms with Crippen molar-refractivity contribution in [1.82, 2.24) is 19.8 Å². The summed E-state index contributed by atoms with van der Waals surface area (Å²) in [6, 6.07) is 15.4. The molecule has 0 N–H and O–H groups in total. The van der Waals surface area contributed by atoms with Crippen molar-refractivity contribution in [3.05, 3.63) is 53.6 Å². The van der Waals surface area contributed by atoms with Gasteiger partial charge < -0.3 is 4.74 Å². The lowest BCUT2D eigenvalue weighted by molar-refractivity contribution is 0.341. The quantitative estimate of drug-likeness (QED) is 0.537. The molecule has 0 saturated heterocycles. The van der Waals surface area contributed by atoms with Gasteiger partial charge in [-0.3, -0.25) is 0 Å². The number of ether oxygens (including phenoxy) is 1. The molecule has 4 rings (SSSR count). The molecule has 0 fully saturated rings. The van der Waals surface area contributed by atoms with Crippen LogP contribution in [-0.2, 0) is 0 Å². The molecule has 0 atom stereocenters. The lowest BCUT2D eigenvalue weighted by atomic mass is 10.2. The number of aromatic nitrogens is 4. The van der Waals surface area contributed by atoms with Crippen molar-refractivity contribution in [2.45, 2.75) is 6.92 Å². The predicted molar refractivity (Wildman–Crippen MR) is 95.7 cm³/mol. The van der Waals surface area contributed by atoms with E-state index in [0.717, 1.165) is 26.8 Å². The molecule has 0 aliphatic heterocycles. The maximum atomic E-state index is 6.08. The van der Waals surface area contributed by atoms with Gasteiger partial charge in [0.25, 0.3) is 0 Å². The molecule has 0 spiro atoms. The summed E-state index contributed by atoms with van der Waals surface area (Å²) in [6.07, 6.45) is 0. The zero-order chi connectivity index (χ0) is 16.5. The van der Waals surface area contributed by atoms with E-state index >= 15 is 0 Å². The molecular weight excluding hydrogens is 344 g/mol. The Kier molecular flexibility index (Phi) is 3.92. The van der Waals surface area contributed by atoms with E-state index in [4.69, 9.17) is 16.3 Å². The Morgan fingerprint density at radius 3 is 2.83 bits per heavy atom. The third-order valence-corrected chi connectivity index (χ3v) is 4.66. The van der Waals surface area contributed by atoms with Crippen LogP contribution in [0, 0.1) is 0 Å². The highest BCUT2D eigenvalue weighted by molar-refractivity contribution is 7.19. The second-order valence-corrected chi connectivity index (χ2v) is 6.46. The van der Waals surface area contributed by atoms with Crippen molar-refractivity contribution in [1.29, 1.82) is 0 Å². The third-order valence-electron chi connectivity index (χ3n) is 3.49. The summed E-state index contributed by atoms with van der Waals surface area (Å²) in [4.78, 5) is 0.728. The summed E-state index contributed by atoms with van der Waals surface area (Å²) in [5.41, 5.74) is 1.83. The molecule has 0 amide bonds. The smallest absolute Gasteiger partial charge is 0.235 e. The van der Waals surface area contributed by atoms with Crippen LogP contribution in [0.1, 0.15) is 6.92 Å². The van der Waals surface area contributed by atoms with Crippen LogP contribution in [0.2, 0.25) is 5.02 Å². The molecule has 24 heavy (non-hydrogen) atoms. The van der Waals surface area contributed by atoms with E-state index in [1.807, 2.05) is 55.5 Å². The van der Waals surface area contributed by atoms with Gasteiger partial charge in [0.1, 0.15) is 5.75 Å². The van der Waals surface area contributed by atoms with Crippen molar-refractivity contribution in [3.63, 3.8) is 0 Å². The van der Waals surface area contributed by atoms with Crippen molar-refractivity contribution >= 4 is 27.9 Å². The first-order valence-electron chi connectivity index (χ1n) is 7.46. The lowest BCUT2D eigenvalue weighted by Crippen LogP contribution is -1.95. The van der Waals surface area contributed by atoms with Crippen molar-refractivity contribution in [2.24, 2.45) is 0 Å². The van der Waals surface area contributed by atoms with Gasteiger partial charge in [-0.05, 0) is 31.2 Å². The number of halogens is 1. The highest BCUT2D eigenvalue weighted by atomic mass is 35.5. The maximum Gasteiger partial charge on any atom is 0.235 e. The Bertz CT molecular complexity index is 1010. The van der Waals surface area contributed by atoms with E-state index < -0.39 is 0 Å². The first kappa shape index (κ1) is 15.1. The predicted octanol–water partition coefficient (Wildman–Crippen LogP) is 4.57. The Hall–Kier alpha value is -2.44. The van der Waals surface area contributed by atoms with Gasteiger partial charge in [-0.1, -0.05) is 47.2 Å². The molecule has 4 aromatic rings. The number of nitrogens with zero attached hydrogens (tertiary/aromatic N) is 4. The number of hydrogen-bond donors (Lipinski definition) is 0. The molecule has 0 aliphatic rings. The molecule has 0 aliphatic carbocycles. The Balaban J connectivity index is 1.83.